The molecule has 1 heterocycles. The van der Waals surface area contributed by atoms with Crippen molar-refractivity contribution in [3.63, 3.8) is 0 Å². The first-order valence-corrected chi connectivity index (χ1v) is 10.6. The molecule has 0 saturated heterocycles. The Hall–Kier alpha value is -2.18. The van der Waals surface area contributed by atoms with Crippen molar-refractivity contribution in [3.05, 3.63) is 43.4 Å². The van der Waals surface area contributed by atoms with E-state index < -0.39 is 11.9 Å². The third-order valence-electron chi connectivity index (χ3n) is 4.16. The number of allylic oxidation sites excluding steroid dienone is 2. The van der Waals surface area contributed by atoms with Gasteiger partial charge in [-0.15, -0.1) is 0 Å². The lowest BCUT2D eigenvalue weighted by Gasteiger charge is -2.28. The topological polar surface area (TPSA) is 104 Å². The maximum Gasteiger partial charge on any atom is 0.338 e. The van der Waals surface area contributed by atoms with E-state index in [1.807, 2.05) is 13.8 Å². The van der Waals surface area contributed by atoms with Crippen LogP contribution in [0.5, 0.6) is 11.5 Å². The van der Waals surface area contributed by atoms with E-state index in [0.717, 1.165) is 0 Å². The van der Waals surface area contributed by atoms with Crippen LogP contribution in [-0.4, -0.2) is 25.8 Å². The van der Waals surface area contributed by atoms with Gasteiger partial charge in [0.15, 0.2) is 11.5 Å². The Labute approximate surface area is 186 Å². The number of halogens is 2. The van der Waals surface area contributed by atoms with Crippen molar-refractivity contribution in [1.82, 2.24) is 0 Å². The van der Waals surface area contributed by atoms with Gasteiger partial charge >= 0.3 is 5.97 Å². The van der Waals surface area contributed by atoms with Crippen molar-refractivity contribution >= 4 is 37.8 Å². The smallest absolute Gasteiger partial charge is 0.338 e. The van der Waals surface area contributed by atoms with Gasteiger partial charge in [0, 0.05) is 4.47 Å². The summed E-state index contributed by atoms with van der Waals surface area (Å²) in [7, 11) is 0. The molecular formula is C20H22Br2N2O5. The number of carbonyl (C=O) groups excluding carboxylic acids is 1. The second-order valence-corrected chi connectivity index (χ2v) is 7.49. The third kappa shape index (κ3) is 4.54. The van der Waals surface area contributed by atoms with E-state index in [-0.39, 0.29) is 29.4 Å². The van der Waals surface area contributed by atoms with Crippen molar-refractivity contribution < 1.29 is 23.7 Å². The van der Waals surface area contributed by atoms with Gasteiger partial charge in [-0.1, -0.05) is 0 Å². The second kappa shape index (κ2) is 10.0. The molecule has 0 fully saturated rings. The molecule has 9 heteroatoms. The standard InChI is InChI=1S/C20H22Br2N2O5/c1-5-26-13-8-11(16(21)17(22)18(13)27-6-2)15-12(9-23)19(24)29-10(4)14(15)20(25)28-7-3/h8,15H,5-7,24H2,1-4H3. The third-order valence-corrected chi connectivity index (χ3v) is 6.30. The Morgan fingerprint density at radius 2 is 1.86 bits per heavy atom. The predicted molar refractivity (Wildman–Crippen MR) is 114 cm³/mol. The summed E-state index contributed by atoms with van der Waals surface area (Å²) in [6.45, 7) is 8.06. The van der Waals surface area contributed by atoms with Gasteiger partial charge in [-0.25, -0.2) is 4.79 Å². The monoisotopic (exact) mass is 528 g/mol. The van der Waals surface area contributed by atoms with E-state index in [0.29, 0.717) is 39.2 Å². The number of carbonyl (C=O) groups is 1. The fourth-order valence-electron chi connectivity index (χ4n) is 3.02. The fourth-order valence-corrected chi connectivity index (χ4v) is 4.08. The molecule has 0 spiro atoms. The van der Waals surface area contributed by atoms with E-state index in [1.54, 1.807) is 19.9 Å². The molecule has 0 saturated carbocycles. The van der Waals surface area contributed by atoms with Crippen molar-refractivity contribution in [2.45, 2.75) is 33.6 Å². The summed E-state index contributed by atoms with van der Waals surface area (Å²) in [5.41, 5.74) is 6.88. The summed E-state index contributed by atoms with van der Waals surface area (Å²) in [5.74, 6) is -0.162. The number of nitriles is 1. The van der Waals surface area contributed by atoms with Crippen molar-refractivity contribution in [1.29, 1.82) is 5.26 Å². The van der Waals surface area contributed by atoms with Crippen LogP contribution >= 0.6 is 31.9 Å². The minimum Gasteiger partial charge on any atom is -0.490 e. The van der Waals surface area contributed by atoms with Crippen LogP contribution in [0, 0.1) is 11.3 Å². The fraction of sp³-hybridized carbons (Fsp3) is 0.400. The Balaban J connectivity index is 2.80. The lowest BCUT2D eigenvalue weighted by atomic mass is 9.83. The highest BCUT2D eigenvalue weighted by Crippen LogP contribution is 2.49. The Kier molecular flexibility index (Phi) is 7.99. The van der Waals surface area contributed by atoms with Crippen LogP contribution in [0.3, 0.4) is 0 Å². The average Bonchev–Trinajstić information content (AvgIpc) is 2.67. The number of hydrogen-bond acceptors (Lipinski definition) is 7. The molecule has 0 amide bonds. The SMILES string of the molecule is CCOC(=O)C1=C(C)OC(N)=C(C#N)C1c1cc(OCC)c(OCC)c(Br)c1Br. The molecule has 1 aliphatic rings. The van der Waals surface area contributed by atoms with Crippen molar-refractivity contribution in [2.24, 2.45) is 5.73 Å². The number of rotatable bonds is 7. The Morgan fingerprint density at radius 1 is 1.21 bits per heavy atom. The van der Waals surface area contributed by atoms with Crippen LogP contribution in [0.1, 0.15) is 39.2 Å². The van der Waals surface area contributed by atoms with Crippen molar-refractivity contribution in [3.8, 4) is 17.6 Å². The molecule has 2 N–H and O–H groups in total. The number of nitrogens with zero attached hydrogens (tertiary/aromatic N) is 1. The van der Waals surface area contributed by atoms with Gasteiger partial charge in [0.2, 0.25) is 5.88 Å². The molecular weight excluding hydrogens is 508 g/mol. The molecule has 0 radical (unpaired) electrons. The van der Waals surface area contributed by atoms with Crippen LogP contribution in [-0.2, 0) is 14.3 Å². The minimum absolute atomic E-state index is 0.0575. The quantitative estimate of drug-likeness (QED) is 0.512. The Bertz CT molecular complexity index is 918. The highest BCUT2D eigenvalue weighted by Gasteiger charge is 2.38. The Morgan fingerprint density at radius 3 is 2.41 bits per heavy atom. The lowest BCUT2D eigenvalue weighted by molar-refractivity contribution is -0.139. The van der Waals surface area contributed by atoms with E-state index in [2.05, 4.69) is 37.9 Å². The van der Waals surface area contributed by atoms with Crippen LogP contribution in [0.15, 0.2) is 37.8 Å². The minimum atomic E-state index is -0.798. The first kappa shape index (κ1) is 23.1. The van der Waals surface area contributed by atoms with Gasteiger partial charge in [-0.3, -0.25) is 0 Å². The zero-order valence-electron chi connectivity index (χ0n) is 16.6. The molecule has 0 aliphatic carbocycles. The summed E-state index contributed by atoms with van der Waals surface area (Å²) in [5, 5.41) is 9.76. The first-order chi connectivity index (χ1) is 13.8. The number of nitrogens with two attached hydrogens (primary N) is 1. The van der Waals surface area contributed by atoms with Gasteiger partial charge in [-0.2, -0.15) is 5.26 Å². The summed E-state index contributed by atoms with van der Waals surface area (Å²) < 4.78 is 23.3. The molecule has 1 aliphatic heterocycles. The van der Waals surface area contributed by atoms with E-state index in [4.69, 9.17) is 24.7 Å². The second-order valence-electron chi connectivity index (χ2n) is 5.90. The zero-order chi connectivity index (χ0) is 21.7. The molecule has 1 aromatic carbocycles. The maximum atomic E-state index is 12.7. The summed E-state index contributed by atoms with van der Waals surface area (Å²) >= 11 is 7.10. The molecule has 0 aromatic heterocycles. The largest absolute Gasteiger partial charge is 0.490 e. The molecule has 156 valence electrons. The average molecular weight is 530 g/mol. The molecule has 1 aromatic rings. The van der Waals surface area contributed by atoms with Crippen LogP contribution in [0.25, 0.3) is 0 Å². The molecule has 0 bridgehead atoms. The summed E-state index contributed by atoms with van der Waals surface area (Å²) in [6, 6.07) is 3.80. The molecule has 2 rings (SSSR count). The van der Waals surface area contributed by atoms with Gasteiger partial charge < -0.3 is 24.7 Å². The molecule has 7 nitrogen and oxygen atoms in total. The molecule has 1 atom stereocenters. The van der Waals surface area contributed by atoms with Gasteiger partial charge in [-0.05, 0) is 71.2 Å². The van der Waals surface area contributed by atoms with Gasteiger partial charge in [0.1, 0.15) is 17.4 Å². The zero-order valence-corrected chi connectivity index (χ0v) is 19.8. The van der Waals surface area contributed by atoms with Crippen LogP contribution in [0.2, 0.25) is 0 Å². The first-order valence-electron chi connectivity index (χ1n) is 9.05. The van der Waals surface area contributed by atoms with E-state index in [1.165, 1.54) is 0 Å². The highest BCUT2D eigenvalue weighted by molar-refractivity contribution is 9.13. The molecule has 1 unspecified atom stereocenters. The highest BCUT2D eigenvalue weighted by atomic mass is 79.9. The maximum absolute atomic E-state index is 12.7. The number of ether oxygens (including phenoxy) is 4. The lowest BCUT2D eigenvalue weighted by Crippen LogP contribution is -2.26. The number of esters is 1. The van der Waals surface area contributed by atoms with Gasteiger partial charge in [0.25, 0.3) is 0 Å². The number of hydrogen-bond donors (Lipinski definition) is 1. The normalized spacial score (nSPS) is 16.2. The number of benzene rings is 1. The van der Waals surface area contributed by atoms with E-state index in [9.17, 15) is 10.1 Å². The molecule has 29 heavy (non-hydrogen) atoms. The van der Waals surface area contributed by atoms with Crippen LogP contribution < -0.4 is 15.2 Å². The predicted octanol–water partition coefficient (Wildman–Crippen LogP) is 4.65. The van der Waals surface area contributed by atoms with Gasteiger partial charge in [0.05, 0.1) is 35.8 Å². The summed E-state index contributed by atoms with van der Waals surface area (Å²) in [4.78, 5) is 12.7. The van der Waals surface area contributed by atoms with Crippen molar-refractivity contribution in [2.75, 3.05) is 19.8 Å². The van der Waals surface area contributed by atoms with Crippen LogP contribution in [0.4, 0.5) is 0 Å². The van der Waals surface area contributed by atoms with E-state index >= 15 is 0 Å². The summed E-state index contributed by atoms with van der Waals surface area (Å²) in [6.07, 6.45) is 0.